The first-order valence-corrected chi connectivity index (χ1v) is 6.89. The lowest BCUT2D eigenvalue weighted by Gasteiger charge is -2.01. The van der Waals surface area contributed by atoms with Gasteiger partial charge in [0, 0.05) is 18.0 Å². The fourth-order valence-electron chi connectivity index (χ4n) is 2.00. The molecule has 0 bridgehead atoms. The first-order chi connectivity index (χ1) is 10.4. The molecule has 5 heteroatoms. The largest absolute Gasteiger partial charge is 0.419 e. The van der Waals surface area contributed by atoms with E-state index in [4.69, 9.17) is 4.42 Å². The van der Waals surface area contributed by atoms with E-state index >= 15 is 0 Å². The third-order valence-corrected chi connectivity index (χ3v) is 3.08. The zero-order valence-corrected chi connectivity index (χ0v) is 11.6. The van der Waals surface area contributed by atoms with Crippen molar-refractivity contribution in [1.82, 2.24) is 20.5 Å². The molecule has 0 aliphatic heterocycles. The Balaban J connectivity index is 1.49. The third-order valence-electron chi connectivity index (χ3n) is 3.08. The first kappa shape index (κ1) is 13.5. The third kappa shape index (κ3) is 3.73. The lowest BCUT2D eigenvalue weighted by atomic mass is 10.2. The summed E-state index contributed by atoms with van der Waals surface area (Å²) in [7, 11) is 0. The van der Waals surface area contributed by atoms with Gasteiger partial charge in [-0.05, 0) is 36.7 Å². The van der Waals surface area contributed by atoms with Crippen molar-refractivity contribution in [3.05, 3.63) is 66.3 Å². The molecular weight excluding hydrogens is 264 g/mol. The molecule has 0 atom stereocenters. The highest BCUT2D eigenvalue weighted by Crippen LogP contribution is 2.16. The van der Waals surface area contributed by atoms with E-state index < -0.39 is 0 Å². The van der Waals surface area contributed by atoms with Crippen molar-refractivity contribution in [3.8, 4) is 11.5 Å². The van der Waals surface area contributed by atoms with Crippen molar-refractivity contribution in [2.45, 2.75) is 13.0 Å². The highest BCUT2D eigenvalue weighted by molar-refractivity contribution is 5.51. The van der Waals surface area contributed by atoms with Crippen LogP contribution in [0.2, 0.25) is 0 Å². The Bertz CT molecular complexity index is 667. The van der Waals surface area contributed by atoms with Crippen LogP contribution in [0.15, 0.2) is 59.3 Å². The van der Waals surface area contributed by atoms with Crippen LogP contribution in [0.25, 0.3) is 11.5 Å². The van der Waals surface area contributed by atoms with Gasteiger partial charge in [0.1, 0.15) is 0 Å². The van der Waals surface area contributed by atoms with Crippen LogP contribution in [0.1, 0.15) is 11.5 Å². The highest BCUT2D eigenvalue weighted by atomic mass is 16.4. The molecule has 1 aromatic carbocycles. The predicted molar refractivity (Wildman–Crippen MR) is 79.4 cm³/mol. The molecule has 1 N–H and O–H groups in total. The van der Waals surface area contributed by atoms with Crippen LogP contribution in [0.4, 0.5) is 0 Å². The van der Waals surface area contributed by atoms with Gasteiger partial charge in [0.05, 0.1) is 6.54 Å². The summed E-state index contributed by atoms with van der Waals surface area (Å²) in [6.07, 6.45) is 4.58. The number of aromatic nitrogens is 3. The molecule has 106 valence electrons. The van der Waals surface area contributed by atoms with E-state index in [1.165, 1.54) is 5.56 Å². The smallest absolute Gasteiger partial charge is 0.247 e. The minimum Gasteiger partial charge on any atom is -0.419 e. The second kappa shape index (κ2) is 6.76. The standard InChI is InChI=1S/C16H16N4O/c1-2-6-14(7-3-1)16-20-19-15(21-16)12-18-10-8-13-5-4-9-17-11-13/h1-7,9,11,18H,8,10,12H2. The summed E-state index contributed by atoms with van der Waals surface area (Å²) in [5.74, 6) is 1.15. The summed E-state index contributed by atoms with van der Waals surface area (Å²) in [6.45, 7) is 1.41. The molecular formula is C16H16N4O. The lowest BCUT2D eigenvalue weighted by Crippen LogP contribution is -2.16. The molecule has 3 aromatic rings. The molecule has 2 heterocycles. The van der Waals surface area contributed by atoms with Gasteiger partial charge in [0.2, 0.25) is 11.8 Å². The average Bonchev–Trinajstić information content (AvgIpc) is 3.02. The molecule has 3 rings (SSSR count). The van der Waals surface area contributed by atoms with Crippen LogP contribution in [0, 0.1) is 0 Å². The van der Waals surface area contributed by atoms with Crippen molar-refractivity contribution in [2.24, 2.45) is 0 Å². The number of rotatable bonds is 6. The zero-order chi connectivity index (χ0) is 14.3. The van der Waals surface area contributed by atoms with E-state index in [-0.39, 0.29) is 0 Å². The van der Waals surface area contributed by atoms with Crippen molar-refractivity contribution in [2.75, 3.05) is 6.54 Å². The molecule has 2 aromatic heterocycles. The molecule has 0 saturated heterocycles. The number of benzene rings is 1. The fraction of sp³-hybridized carbons (Fsp3) is 0.188. The van der Waals surface area contributed by atoms with Gasteiger partial charge in [-0.1, -0.05) is 24.3 Å². The van der Waals surface area contributed by atoms with E-state index in [1.54, 1.807) is 6.20 Å². The molecule has 0 saturated carbocycles. The van der Waals surface area contributed by atoms with E-state index in [1.807, 2.05) is 42.6 Å². The monoisotopic (exact) mass is 280 g/mol. The van der Waals surface area contributed by atoms with Crippen molar-refractivity contribution >= 4 is 0 Å². The molecule has 0 fully saturated rings. The number of hydrogen-bond acceptors (Lipinski definition) is 5. The van der Waals surface area contributed by atoms with Gasteiger partial charge in [0.15, 0.2) is 0 Å². The fourth-order valence-corrected chi connectivity index (χ4v) is 2.00. The molecule has 0 aliphatic rings. The van der Waals surface area contributed by atoms with E-state index in [9.17, 15) is 0 Å². The number of pyridine rings is 1. The molecule has 0 aliphatic carbocycles. The molecule has 0 unspecified atom stereocenters. The Morgan fingerprint density at radius 2 is 1.90 bits per heavy atom. The van der Waals surface area contributed by atoms with Crippen LogP contribution in [0.5, 0.6) is 0 Å². The van der Waals surface area contributed by atoms with Crippen molar-refractivity contribution in [1.29, 1.82) is 0 Å². The van der Waals surface area contributed by atoms with Crippen LogP contribution in [-0.2, 0) is 13.0 Å². The maximum absolute atomic E-state index is 5.62. The van der Waals surface area contributed by atoms with Crippen LogP contribution < -0.4 is 5.32 Å². The van der Waals surface area contributed by atoms with Gasteiger partial charge < -0.3 is 9.73 Å². The Hall–Kier alpha value is -2.53. The van der Waals surface area contributed by atoms with Gasteiger partial charge >= 0.3 is 0 Å². The van der Waals surface area contributed by atoms with E-state index in [2.05, 4.69) is 26.6 Å². The second-order valence-electron chi connectivity index (χ2n) is 4.66. The van der Waals surface area contributed by atoms with Gasteiger partial charge in [0.25, 0.3) is 0 Å². The number of nitrogens with zero attached hydrogens (tertiary/aromatic N) is 3. The quantitative estimate of drug-likeness (QED) is 0.703. The maximum Gasteiger partial charge on any atom is 0.247 e. The summed E-state index contributed by atoms with van der Waals surface area (Å²) < 4.78 is 5.62. The predicted octanol–water partition coefficient (Wildman–Crippen LogP) is 2.46. The lowest BCUT2D eigenvalue weighted by molar-refractivity contribution is 0.478. The maximum atomic E-state index is 5.62. The summed E-state index contributed by atoms with van der Waals surface area (Å²) in [5.41, 5.74) is 2.15. The van der Waals surface area contributed by atoms with Gasteiger partial charge in [-0.15, -0.1) is 10.2 Å². The van der Waals surface area contributed by atoms with Gasteiger partial charge in [-0.25, -0.2) is 0 Å². The zero-order valence-electron chi connectivity index (χ0n) is 11.6. The molecule has 0 amide bonds. The van der Waals surface area contributed by atoms with Crippen LogP contribution in [0.3, 0.4) is 0 Å². The number of hydrogen-bond donors (Lipinski definition) is 1. The minimum atomic E-state index is 0.555. The summed E-state index contributed by atoms with van der Waals surface area (Å²) in [6, 6.07) is 13.8. The van der Waals surface area contributed by atoms with Crippen molar-refractivity contribution < 1.29 is 4.42 Å². The Morgan fingerprint density at radius 3 is 2.71 bits per heavy atom. The van der Waals surface area contributed by atoms with Crippen LogP contribution >= 0.6 is 0 Å². The summed E-state index contributed by atoms with van der Waals surface area (Å²) >= 11 is 0. The van der Waals surface area contributed by atoms with E-state index in [0.29, 0.717) is 18.3 Å². The Labute approximate surface area is 123 Å². The SMILES string of the molecule is c1ccc(-c2nnc(CNCCc3cccnc3)o2)cc1. The summed E-state index contributed by atoms with van der Waals surface area (Å²) in [5, 5.41) is 11.4. The van der Waals surface area contributed by atoms with Gasteiger partial charge in [-0.3, -0.25) is 4.98 Å². The molecule has 0 radical (unpaired) electrons. The topological polar surface area (TPSA) is 63.8 Å². The van der Waals surface area contributed by atoms with E-state index in [0.717, 1.165) is 18.5 Å². The van der Waals surface area contributed by atoms with Gasteiger partial charge in [-0.2, -0.15) is 0 Å². The minimum absolute atomic E-state index is 0.555. The Morgan fingerprint density at radius 1 is 1.00 bits per heavy atom. The first-order valence-electron chi connectivity index (χ1n) is 6.89. The molecule has 21 heavy (non-hydrogen) atoms. The normalized spacial score (nSPS) is 10.7. The van der Waals surface area contributed by atoms with Crippen molar-refractivity contribution in [3.63, 3.8) is 0 Å². The summed E-state index contributed by atoms with van der Waals surface area (Å²) in [4.78, 5) is 4.09. The average molecular weight is 280 g/mol. The Kier molecular flexibility index (Phi) is 4.33. The molecule has 0 spiro atoms. The highest BCUT2D eigenvalue weighted by Gasteiger charge is 2.07. The molecule has 5 nitrogen and oxygen atoms in total. The second-order valence-corrected chi connectivity index (χ2v) is 4.66. The number of nitrogens with one attached hydrogen (secondary N) is 1. The van der Waals surface area contributed by atoms with Crippen LogP contribution in [-0.4, -0.2) is 21.7 Å².